The lowest BCUT2D eigenvalue weighted by Crippen LogP contribution is -2.40. The van der Waals surface area contributed by atoms with Crippen LogP contribution in [0, 0.1) is 47.3 Å². The largest absolute Gasteiger partial charge is 0.303 e. The minimum absolute atomic E-state index is 0.0373. The van der Waals surface area contributed by atoms with Gasteiger partial charge in [-0.15, -0.1) is 0 Å². The summed E-state index contributed by atoms with van der Waals surface area (Å²) in [5.41, 5.74) is 0. The molecular weight excluding hydrogens is 200 g/mol. The van der Waals surface area contributed by atoms with Crippen LogP contribution in [0.2, 0.25) is 0 Å². The van der Waals surface area contributed by atoms with Gasteiger partial charge < -0.3 is 9.59 Å². The van der Waals surface area contributed by atoms with E-state index in [0.717, 1.165) is 48.6 Å². The first kappa shape index (κ1) is 9.38. The third-order valence-electron chi connectivity index (χ3n) is 6.18. The van der Waals surface area contributed by atoms with Gasteiger partial charge in [-0.25, -0.2) is 0 Å². The molecule has 0 aromatic carbocycles. The van der Waals surface area contributed by atoms with Crippen LogP contribution in [-0.2, 0) is 9.59 Å². The molecule has 0 aromatic heterocycles. The molecule has 4 aliphatic rings. The molecule has 0 aliphatic heterocycles. The van der Waals surface area contributed by atoms with E-state index in [0.29, 0.717) is 5.92 Å². The van der Waals surface area contributed by atoms with Gasteiger partial charge in [-0.1, -0.05) is 0 Å². The van der Waals surface area contributed by atoms with E-state index in [1.54, 1.807) is 0 Å². The van der Waals surface area contributed by atoms with Gasteiger partial charge in [-0.05, 0) is 61.2 Å². The predicted molar refractivity (Wildman–Crippen MR) is 58.5 cm³/mol. The van der Waals surface area contributed by atoms with Gasteiger partial charge in [-0.2, -0.15) is 0 Å². The van der Waals surface area contributed by atoms with Gasteiger partial charge in [0.15, 0.2) is 0 Å². The van der Waals surface area contributed by atoms with E-state index in [4.69, 9.17) is 0 Å². The van der Waals surface area contributed by atoms with E-state index in [9.17, 15) is 9.59 Å². The lowest BCUT2D eigenvalue weighted by Gasteiger charge is -2.41. The van der Waals surface area contributed by atoms with Gasteiger partial charge in [0.1, 0.15) is 12.6 Å². The number of carbonyl (C=O) groups excluding carboxylic acids is 2. The van der Waals surface area contributed by atoms with Crippen LogP contribution in [0.15, 0.2) is 0 Å². The second-order valence-electron chi connectivity index (χ2n) is 6.46. The molecule has 4 aliphatic carbocycles. The smallest absolute Gasteiger partial charge is 0.124 e. The summed E-state index contributed by atoms with van der Waals surface area (Å²) in [6, 6.07) is 0. The molecule has 2 nitrogen and oxygen atoms in total. The summed E-state index contributed by atoms with van der Waals surface area (Å²) >= 11 is 0. The van der Waals surface area contributed by atoms with E-state index < -0.39 is 0 Å². The highest BCUT2D eigenvalue weighted by atomic mass is 16.1. The molecule has 0 spiro atoms. The van der Waals surface area contributed by atoms with Gasteiger partial charge in [0.05, 0.1) is 0 Å². The first-order valence-corrected chi connectivity index (χ1v) is 6.75. The quantitative estimate of drug-likeness (QED) is 0.664. The minimum atomic E-state index is 0.0373. The second kappa shape index (κ2) is 2.96. The zero-order valence-electron chi connectivity index (χ0n) is 9.42. The molecule has 2 bridgehead atoms. The van der Waals surface area contributed by atoms with Crippen molar-refractivity contribution in [2.24, 2.45) is 47.3 Å². The fourth-order valence-corrected chi connectivity index (χ4v) is 5.61. The van der Waals surface area contributed by atoms with Crippen LogP contribution in [0.25, 0.3) is 0 Å². The van der Waals surface area contributed by atoms with Crippen molar-refractivity contribution in [3.8, 4) is 0 Å². The van der Waals surface area contributed by atoms with Crippen molar-refractivity contribution in [1.82, 2.24) is 0 Å². The maximum Gasteiger partial charge on any atom is 0.124 e. The van der Waals surface area contributed by atoms with Crippen LogP contribution in [0.1, 0.15) is 25.7 Å². The molecular formula is C14H18O2. The predicted octanol–water partition coefficient (Wildman–Crippen LogP) is 1.93. The van der Waals surface area contributed by atoms with E-state index in [1.807, 2.05) is 0 Å². The van der Waals surface area contributed by atoms with Crippen molar-refractivity contribution in [2.75, 3.05) is 0 Å². The number of rotatable bonds is 2. The summed E-state index contributed by atoms with van der Waals surface area (Å²) < 4.78 is 0. The Kier molecular flexibility index (Phi) is 1.74. The fourth-order valence-electron chi connectivity index (χ4n) is 5.61. The molecule has 0 amide bonds. The molecule has 16 heavy (non-hydrogen) atoms. The number of carbonyl (C=O) groups is 2. The van der Waals surface area contributed by atoms with Crippen LogP contribution in [0.4, 0.5) is 0 Å². The normalized spacial score (nSPS) is 61.2. The Morgan fingerprint density at radius 1 is 0.750 bits per heavy atom. The van der Waals surface area contributed by atoms with Crippen LogP contribution < -0.4 is 0 Å². The summed E-state index contributed by atoms with van der Waals surface area (Å²) in [6.07, 6.45) is 7.14. The number of hydrogen-bond acceptors (Lipinski definition) is 2. The number of fused-ring (bicyclic) bond motifs is 8. The molecule has 4 rings (SSSR count). The van der Waals surface area contributed by atoms with E-state index >= 15 is 0 Å². The third kappa shape index (κ3) is 0.946. The highest BCUT2D eigenvalue weighted by Crippen LogP contribution is 2.72. The molecule has 0 saturated heterocycles. The highest BCUT2D eigenvalue weighted by molar-refractivity contribution is 5.66. The molecule has 2 heteroatoms. The first-order chi connectivity index (χ1) is 7.85. The summed E-state index contributed by atoms with van der Waals surface area (Å²) in [5.74, 6) is 5.16. The third-order valence-corrected chi connectivity index (χ3v) is 6.18. The van der Waals surface area contributed by atoms with Crippen LogP contribution in [0.3, 0.4) is 0 Å². The van der Waals surface area contributed by atoms with Crippen LogP contribution >= 0.6 is 0 Å². The highest BCUT2D eigenvalue weighted by Gasteiger charge is 2.67. The first-order valence-electron chi connectivity index (χ1n) is 6.75. The molecule has 0 radical (unpaired) electrons. The van der Waals surface area contributed by atoms with Gasteiger partial charge in [0, 0.05) is 11.8 Å². The SMILES string of the molecule is O=CC1CCC2C3CC(C4CC34)C2C1C=O. The maximum absolute atomic E-state index is 11.3. The van der Waals surface area contributed by atoms with Crippen molar-refractivity contribution < 1.29 is 9.59 Å². The van der Waals surface area contributed by atoms with Crippen molar-refractivity contribution in [3.05, 3.63) is 0 Å². The average Bonchev–Trinajstić information content (AvgIpc) is 2.94. The Bertz CT molecular complexity index is 351. The molecule has 4 fully saturated rings. The van der Waals surface area contributed by atoms with Crippen molar-refractivity contribution in [1.29, 1.82) is 0 Å². The fraction of sp³-hybridized carbons (Fsp3) is 0.857. The summed E-state index contributed by atoms with van der Waals surface area (Å²) in [5, 5.41) is 0. The van der Waals surface area contributed by atoms with Crippen molar-refractivity contribution >= 4 is 12.6 Å². The van der Waals surface area contributed by atoms with E-state index in [-0.39, 0.29) is 11.8 Å². The number of aldehydes is 2. The lowest BCUT2D eigenvalue weighted by atomic mass is 9.62. The van der Waals surface area contributed by atoms with Gasteiger partial charge >= 0.3 is 0 Å². The molecule has 0 N–H and O–H groups in total. The standard InChI is InChI=1S/C14H18O2/c15-5-7-1-2-8-9-4-12(11-3-10(9)11)14(8)13(7)6-16/h5-14H,1-4H2. The Balaban J connectivity index is 1.68. The topological polar surface area (TPSA) is 34.1 Å². The Morgan fingerprint density at radius 2 is 1.44 bits per heavy atom. The molecule has 8 atom stereocenters. The monoisotopic (exact) mass is 218 g/mol. The number of hydrogen-bond donors (Lipinski definition) is 0. The van der Waals surface area contributed by atoms with Gasteiger partial charge in [-0.3, -0.25) is 0 Å². The summed E-state index contributed by atoms with van der Waals surface area (Å²) in [6.45, 7) is 0. The van der Waals surface area contributed by atoms with Crippen LogP contribution in [-0.4, -0.2) is 12.6 Å². The van der Waals surface area contributed by atoms with Crippen molar-refractivity contribution in [3.63, 3.8) is 0 Å². The Morgan fingerprint density at radius 3 is 2.19 bits per heavy atom. The van der Waals surface area contributed by atoms with Crippen LogP contribution in [0.5, 0.6) is 0 Å². The summed E-state index contributed by atoms with van der Waals surface area (Å²) in [4.78, 5) is 22.4. The summed E-state index contributed by atoms with van der Waals surface area (Å²) in [7, 11) is 0. The molecule has 86 valence electrons. The van der Waals surface area contributed by atoms with E-state index in [2.05, 4.69) is 0 Å². The Hall–Kier alpha value is -0.660. The molecule has 4 saturated carbocycles. The van der Waals surface area contributed by atoms with Crippen molar-refractivity contribution in [2.45, 2.75) is 25.7 Å². The van der Waals surface area contributed by atoms with Gasteiger partial charge in [0.2, 0.25) is 0 Å². The molecule has 0 aromatic rings. The zero-order chi connectivity index (χ0) is 10.9. The molecule has 0 heterocycles. The van der Waals surface area contributed by atoms with Gasteiger partial charge in [0.25, 0.3) is 0 Å². The lowest BCUT2D eigenvalue weighted by molar-refractivity contribution is -0.125. The van der Waals surface area contributed by atoms with E-state index in [1.165, 1.54) is 19.3 Å². The Labute approximate surface area is 95.8 Å². The zero-order valence-corrected chi connectivity index (χ0v) is 9.42. The molecule has 8 unspecified atom stereocenters. The minimum Gasteiger partial charge on any atom is -0.303 e. The second-order valence-corrected chi connectivity index (χ2v) is 6.46. The maximum atomic E-state index is 11.3. The average molecular weight is 218 g/mol.